The molecule has 3 aromatic rings. The van der Waals surface area contributed by atoms with Gasteiger partial charge >= 0.3 is 5.97 Å². The van der Waals surface area contributed by atoms with Crippen molar-refractivity contribution >= 4 is 17.6 Å². The van der Waals surface area contributed by atoms with Gasteiger partial charge in [-0.05, 0) is 42.8 Å². The highest BCUT2D eigenvalue weighted by atomic mass is 35.5. The van der Waals surface area contributed by atoms with Gasteiger partial charge in [-0.2, -0.15) is 0 Å². The second kappa shape index (κ2) is 5.66. The smallest absolute Gasteiger partial charge is 0.356 e. The first-order valence-electron chi connectivity index (χ1n) is 6.71. The lowest BCUT2D eigenvalue weighted by Gasteiger charge is -2.10. The number of benzene rings is 2. The number of carboxylic acids is 1. The molecule has 1 heterocycles. The van der Waals surface area contributed by atoms with E-state index in [0.717, 1.165) is 16.8 Å². The predicted molar refractivity (Wildman–Crippen MR) is 85.7 cm³/mol. The van der Waals surface area contributed by atoms with Crippen molar-refractivity contribution in [2.24, 2.45) is 0 Å². The third-order valence-electron chi connectivity index (χ3n) is 3.40. The molecule has 0 atom stereocenters. The average Bonchev–Trinajstić information content (AvgIpc) is 2.94. The molecule has 0 fully saturated rings. The number of halogens is 1. The summed E-state index contributed by atoms with van der Waals surface area (Å²) in [5.74, 6) is -0.481. The Morgan fingerprint density at radius 2 is 1.82 bits per heavy atom. The van der Waals surface area contributed by atoms with E-state index in [-0.39, 0.29) is 5.69 Å². The Hall–Kier alpha value is -2.59. The van der Waals surface area contributed by atoms with Gasteiger partial charge in [0.15, 0.2) is 5.69 Å². The van der Waals surface area contributed by atoms with Crippen LogP contribution in [0.3, 0.4) is 0 Å². The summed E-state index contributed by atoms with van der Waals surface area (Å²) in [4.78, 5) is 15.5. The number of aromatic nitrogens is 2. The van der Waals surface area contributed by atoms with Crippen LogP contribution in [0.1, 0.15) is 16.1 Å². The molecule has 0 unspecified atom stereocenters. The van der Waals surface area contributed by atoms with Gasteiger partial charge in [0.05, 0.1) is 0 Å². The molecule has 0 amide bonds. The number of nitrogens with zero attached hydrogens (tertiary/aromatic N) is 2. The zero-order chi connectivity index (χ0) is 15.7. The molecular weight excluding hydrogens is 300 g/mol. The second-order valence-corrected chi connectivity index (χ2v) is 5.35. The first kappa shape index (κ1) is 14.4. The Balaban J connectivity index is 2.23. The number of imidazole rings is 1. The van der Waals surface area contributed by atoms with E-state index in [1.807, 2.05) is 43.3 Å². The van der Waals surface area contributed by atoms with Crippen LogP contribution in [0.25, 0.3) is 17.1 Å². The quantitative estimate of drug-likeness (QED) is 0.788. The molecular formula is C17H13ClN2O2. The minimum Gasteiger partial charge on any atom is -0.476 e. The minimum absolute atomic E-state index is 0.00760. The van der Waals surface area contributed by atoms with Gasteiger partial charge in [-0.25, -0.2) is 9.78 Å². The zero-order valence-electron chi connectivity index (χ0n) is 11.8. The van der Waals surface area contributed by atoms with E-state index in [2.05, 4.69) is 4.98 Å². The van der Waals surface area contributed by atoms with E-state index in [9.17, 15) is 9.90 Å². The number of para-hydroxylation sites is 1. The van der Waals surface area contributed by atoms with Crippen LogP contribution in [-0.4, -0.2) is 20.6 Å². The summed E-state index contributed by atoms with van der Waals surface area (Å²) < 4.78 is 1.79. The van der Waals surface area contributed by atoms with E-state index >= 15 is 0 Å². The van der Waals surface area contributed by atoms with Gasteiger partial charge < -0.3 is 5.11 Å². The molecule has 4 nitrogen and oxygen atoms in total. The van der Waals surface area contributed by atoms with Crippen LogP contribution >= 0.6 is 11.6 Å². The van der Waals surface area contributed by atoms with Crippen molar-refractivity contribution in [1.29, 1.82) is 0 Å². The van der Waals surface area contributed by atoms with Crippen molar-refractivity contribution in [3.05, 3.63) is 71.0 Å². The Morgan fingerprint density at radius 1 is 1.14 bits per heavy atom. The van der Waals surface area contributed by atoms with Crippen LogP contribution in [0.5, 0.6) is 0 Å². The van der Waals surface area contributed by atoms with Gasteiger partial charge in [0.2, 0.25) is 0 Å². The predicted octanol–water partition coefficient (Wildman–Crippen LogP) is 4.20. The van der Waals surface area contributed by atoms with Crippen LogP contribution in [0.2, 0.25) is 5.02 Å². The van der Waals surface area contributed by atoms with Crippen molar-refractivity contribution in [1.82, 2.24) is 9.55 Å². The Bertz CT molecular complexity index is 838. The maximum atomic E-state index is 11.3. The van der Waals surface area contributed by atoms with E-state index in [1.165, 1.54) is 6.20 Å². The molecule has 0 radical (unpaired) electrons. The molecule has 5 heteroatoms. The molecule has 22 heavy (non-hydrogen) atoms. The third kappa shape index (κ3) is 2.61. The molecule has 0 saturated carbocycles. The van der Waals surface area contributed by atoms with Crippen LogP contribution in [0.15, 0.2) is 54.7 Å². The number of aromatic carboxylic acids is 1. The minimum atomic E-state index is -1.05. The molecule has 0 spiro atoms. The van der Waals surface area contributed by atoms with E-state index in [4.69, 9.17) is 11.6 Å². The van der Waals surface area contributed by atoms with Gasteiger partial charge in [0.25, 0.3) is 0 Å². The molecule has 0 aliphatic heterocycles. The van der Waals surface area contributed by atoms with Crippen LogP contribution in [-0.2, 0) is 0 Å². The third-order valence-corrected chi connectivity index (χ3v) is 3.65. The van der Waals surface area contributed by atoms with Gasteiger partial charge in [-0.1, -0.05) is 29.8 Å². The van der Waals surface area contributed by atoms with Crippen LogP contribution in [0.4, 0.5) is 0 Å². The van der Waals surface area contributed by atoms with Gasteiger partial charge in [0, 0.05) is 22.5 Å². The van der Waals surface area contributed by atoms with Crippen molar-refractivity contribution in [2.75, 3.05) is 0 Å². The lowest BCUT2D eigenvalue weighted by Crippen LogP contribution is -1.98. The number of hydrogen-bond acceptors (Lipinski definition) is 2. The molecule has 2 aromatic carbocycles. The zero-order valence-corrected chi connectivity index (χ0v) is 12.6. The number of carboxylic acid groups (broad SMARTS) is 1. The Kier molecular flexibility index (Phi) is 3.69. The molecule has 0 bridgehead atoms. The molecule has 1 N–H and O–H groups in total. The van der Waals surface area contributed by atoms with E-state index < -0.39 is 5.97 Å². The summed E-state index contributed by atoms with van der Waals surface area (Å²) in [5, 5.41) is 9.85. The number of carbonyl (C=O) groups is 1. The standard InChI is InChI=1S/C17H13ClN2O2/c1-11-4-2-3-5-15(11)20-10-14(17(21)22)19-16(20)12-6-8-13(18)9-7-12/h2-10H,1H3,(H,21,22). The van der Waals surface area contributed by atoms with Crippen LogP contribution < -0.4 is 0 Å². The summed E-state index contributed by atoms with van der Waals surface area (Å²) in [5.41, 5.74) is 2.74. The highest BCUT2D eigenvalue weighted by Crippen LogP contribution is 2.26. The summed E-state index contributed by atoms with van der Waals surface area (Å²) in [6, 6.07) is 14.9. The first-order valence-corrected chi connectivity index (χ1v) is 7.08. The summed E-state index contributed by atoms with van der Waals surface area (Å²) in [6.07, 6.45) is 1.54. The second-order valence-electron chi connectivity index (χ2n) is 4.92. The SMILES string of the molecule is Cc1ccccc1-n1cc(C(=O)O)nc1-c1ccc(Cl)cc1. The normalized spacial score (nSPS) is 10.6. The fourth-order valence-corrected chi connectivity index (χ4v) is 2.43. The fourth-order valence-electron chi connectivity index (χ4n) is 2.30. The van der Waals surface area contributed by atoms with Crippen LogP contribution in [0, 0.1) is 6.92 Å². The molecule has 3 rings (SSSR count). The highest BCUT2D eigenvalue weighted by Gasteiger charge is 2.16. The summed E-state index contributed by atoms with van der Waals surface area (Å²) in [7, 11) is 0. The average molecular weight is 313 g/mol. The van der Waals surface area contributed by atoms with Gasteiger partial charge in [-0.15, -0.1) is 0 Å². The largest absolute Gasteiger partial charge is 0.476 e. The van der Waals surface area contributed by atoms with E-state index in [1.54, 1.807) is 16.7 Å². The summed E-state index contributed by atoms with van der Waals surface area (Å²) >= 11 is 5.92. The van der Waals surface area contributed by atoms with Crippen molar-refractivity contribution in [3.8, 4) is 17.1 Å². The van der Waals surface area contributed by atoms with Gasteiger partial charge in [0.1, 0.15) is 5.82 Å². The van der Waals surface area contributed by atoms with E-state index in [0.29, 0.717) is 10.8 Å². The molecule has 110 valence electrons. The fraction of sp³-hybridized carbons (Fsp3) is 0.0588. The Morgan fingerprint density at radius 3 is 2.45 bits per heavy atom. The molecule has 1 aromatic heterocycles. The van der Waals surface area contributed by atoms with Crippen molar-refractivity contribution in [3.63, 3.8) is 0 Å². The highest BCUT2D eigenvalue weighted by molar-refractivity contribution is 6.30. The summed E-state index contributed by atoms with van der Waals surface area (Å²) in [6.45, 7) is 1.97. The lowest BCUT2D eigenvalue weighted by molar-refractivity contribution is 0.0691. The number of hydrogen-bond donors (Lipinski definition) is 1. The molecule has 0 aliphatic carbocycles. The van der Waals surface area contributed by atoms with Crippen molar-refractivity contribution in [2.45, 2.75) is 6.92 Å². The van der Waals surface area contributed by atoms with Gasteiger partial charge in [-0.3, -0.25) is 4.57 Å². The first-order chi connectivity index (χ1) is 10.6. The monoisotopic (exact) mass is 312 g/mol. The molecule has 0 aliphatic rings. The Labute approximate surface area is 132 Å². The maximum absolute atomic E-state index is 11.3. The van der Waals surface area contributed by atoms with Crippen molar-refractivity contribution < 1.29 is 9.90 Å². The lowest BCUT2D eigenvalue weighted by atomic mass is 10.1. The number of aryl methyl sites for hydroxylation is 1. The maximum Gasteiger partial charge on any atom is 0.356 e. The number of rotatable bonds is 3. The molecule has 0 saturated heterocycles. The topological polar surface area (TPSA) is 55.1 Å².